The van der Waals surface area contributed by atoms with E-state index in [9.17, 15) is 4.79 Å². The van der Waals surface area contributed by atoms with Crippen molar-refractivity contribution >= 4 is 40.2 Å². The first-order valence-electron chi connectivity index (χ1n) is 7.51. The molecule has 0 fully saturated rings. The minimum absolute atomic E-state index is 0.149. The maximum atomic E-state index is 11.8. The van der Waals surface area contributed by atoms with E-state index in [2.05, 4.69) is 21.9 Å². The molecule has 0 aliphatic heterocycles. The normalized spacial score (nSPS) is 10.9. The Labute approximate surface area is 145 Å². The summed E-state index contributed by atoms with van der Waals surface area (Å²) in [7, 11) is 0. The molecule has 0 saturated carbocycles. The number of nitrogens with one attached hydrogen (secondary N) is 2. The second-order valence-corrected chi connectivity index (χ2v) is 5.70. The Morgan fingerprint density at radius 2 is 1.75 bits per heavy atom. The molecule has 5 heteroatoms. The molecular formula is C19H16ClN3O. The molecule has 2 N–H and O–H groups in total. The van der Waals surface area contributed by atoms with Gasteiger partial charge in [-0.3, -0.25) is 4.79 Å². The molecule has 0 saturated heterocycles. The molecular weight excluding hydrogens is 322 g/mol. The number of fused-ring (bicyclic) bond motifs is 1. The van der Waals surface area contributed by atoms with Gasteiger partial charge in [0.15, 0.2) is 0 Å². The number of benzene rings is 3. The number of hydrogen-bond donors (Lipinski definition) is 2. The summed E-state index contributed by atoms with van der Waals surface area (Å²) < 4.78 is 0. The van der Waals surface area contributed by atoms with Crippen LogP contribution < -0.4 is 10.7 Å². The molecule has 0 spiro atoms. The second kappa shape index (κ2) is 7.62. The summed E-state index contributed by atoms with van der Waals surface area (Å²) in [4.78, 5) is 11.8. The molecule has 0 aliphatic rings. The molecule has 0 radical (unpaired) electrons. The van der Waals surface area contributed by atoms with Gasteiger partial charge in [-0.2, -0.15) is 5.10 Å². The summed E-state index contributed by atoms with van der Waals surface area (Å²) in [5, 5.41) is 9.97. The number of amides is 1. The Bertz CT molecular complexity index is 875. The van der Waals surface area contributed by atoms with Crippen molar-refractivity contribution in [1.29, 1.82) is 0 Å². The van der Waals surface area contributed by atoms with E-state index >= 15 is 0 Å². The molecule has 3 aromatic carbocycles. The van der Waals surface area contributed by atoms with Gasteiger partial charge in [-0.25, -0.2) is 5.43 Å². The maximum absolute atomic E-state index is 11.8. The van der Waals surface area contributed by atoms with Crippen LogP contribution in [0.25, 0.3) is 10.8 Å². The zero-order chi connectivity index (χ0) is 16.8. The van der Waals surface area contributed by atoms with Crippen molar-refractivity contribution in [2.75, 3.05) is 11.9 Å². The third-order valence-corrected chi connectivity index (χ3v) is 3.73. The third kappa shape index (κ3) is 4.33. The topological polar surface area (TPSA) is 53.5 Å². The van der Waals surface area contributed by atoms with Crippen molar-refractivity contribution in [2.24, 2.45) is 5.10 Å². The fraction of sp³-hybridized carbons (Fsp3) is 0.0526. The lowest BCUT2D eigenvalue weighted by molar-refractivity contribution is -0.119. The van der Waals surface area contributed by atoms with Gasteiger partial charge in [0.25, 0.3) is 5.91 Å². The SMILES string of the molecule is O=C(CNc1ccc2ccccc2c1)NN=Cc1ccc(Cl)cc1. The standard InChI is InChI=1S/C19H16ClN3O/c20-17-8-5-14(6-9-17)12-22-23-19(24)13-21-18-10-7-15-3-1-2-4-16(15)11-18/h1-12,21H,13H2,(H,23,24). The predicted octanol–water partition coefficient (Wildman–Crippen LogP) is 4.06. The van der Waals surface area contributed by atoms with Gasteiger partial charge in [0.05, 0.1) is 12.8 Å². The van der Waals surface area contributed by atoms with Crippen LogP contribution in [-0.4, -0.2) is 18.7 Å². The Kier molecular flexibility index (Phi) is 5.08. The number of nitrogens with zero attached hydrogens (tertiary/aromatic N) is 1. The van der Waals surface area contributed by atoms with Gasteiger partial charge in [0.1, 0.15) is 0 Å². The average Bonchev–Trinajstić information content (AvgIpc) is 2.61. The van der Waals surface area contributed by atoms with Crippen molar-refractivity contribution in [2.45, 2.75) is 0 Å². The zero-order valence-electron chi connectivity index (χ0n) is 12.9. The van der Waals surface area contributed by atoms with Crippen molar-refractivity contribution in [3.05, 3.63) is 77.3 Å². The number of carbonyl (C=O) groups excluding carboxylic acids is 1. The quantitative estimate of drug-likeness (QED) is 0.545. The van der Waals surface area contributed by atoms with Crippen LogP contribution in [0.4, 0.5) is 5.69 Å². The summed E-state index contributed by atoms with van der Waals surface area (Å²) >= 11 is 5.81. The fourth-order valence-corrected chi connectivity index (χ4v) is 2.37. The van der Waals surface area contributed by atoms with Gasteiger partial charge in [0.2, 0.25) is 0 Å². The number of rotatable bonds is 5. The lowest BCUT2D eigenvalue weighted by Crippen LogP contribution is -2.25. The van der Waals surface area contributed by atoms with Crippen molar-refractivity contribution in [3.63, 3.8) is 0 Å². The van der Waals surface area contributed by atoms with Crippen LogP contribution in [0.3, 0.4) is 0 Å². The molecule has 0 bridgehead atoms. The summed E-state index contributed by atoms with van der Waals surface area (Å²) in [6.07, 6.45) is 1.57. The lowest BCUT2D eigenvalue weighted by atomic mass is 10.1. The van der Waals surface area contributed by atoms with E-state index in [4.69, 9.17) is 11.6 Å². The van der Waals surface area contributed by atoms with Crippen LogP contribution in [-0.2, 0) is 4.79 Å². The van der Waals surface area contributed by atoms with Crippen molar-refractivity contribution in [3.8, 4) is 0 Å². The van der Waals surface area contributed by atoms with Gasteiger partial charge in [-0.15, -0.1) is 0 Å². The molecule has 3 aromatic rings. The number of hydrogen-bond acceptors (Lipinski definition) is 3. The third-order valence-electron chi connectivity index (χ3n) is 3.48. The van der Waals surface area contributed by atoms with Crippen molar-refractivity contribution in [1.82, 2.24) is 5.43 Å². The number of halogens is 1. The minimum atomic E-state index is -0.214. The van der Waals surface area contributed by atoms with E-state index < -0.39 is 0 Å². The molecule has 4 nitrogen and oxygen atoms in total. The molecule has 0 aliphatic carbocycles. The molecule has 24 heavy (non-hydrogen) atoms. The Morgan fingerprint density at radius 3 is 2.54 bits per heavy atom. The highest BCUT2D eigenvalue weighted by atomic mass is 35.5. The van der Waals surface area contributed by atoms with E-state index in [-0.39, 0.29) is 12.5 Å². The Balaban J connectivity index is 1.52. The first-order chi connectivity index (χ1) is 11.7. The van der Waals surface area contributed by atoms with Gasteiger partial charge < -0.3 is 5.32 Å². The van der Waals surface area contributed by atoms with Crippen LogP contribution in [0.1, 0.15) is 5.56 Å². The van der Waals surface area contributed by atoms with Gasteiger partial charge in [0, 0.05) is 10.7 Å². The average molecular weight is 338 g/mol. The predicted molar refractivity (Wildman–Crippen MR) is 99.6 cm³/mol. The Morgan fingerprint density at radius 1 is 1.00 bits per heavy atom. The van der Waals surface area contributed by atoms with E-state index in [1.165, 1.54) is 5.39 Å². The van der Waals surface area contributed by atoms with E-state index in [0.29, 0.717) is 5.02 Å². The first-order valence-corrected chi connectivity index (χ1v) is 7.89. The van der Waals surface area contributed by atoms with Gasteiger partial charge >= 0.3 is 0 Å². The number of hydrazone groups is 1. The number of carbonyl (C=O) groups is 1. The first kappa shape index (κ1) is 16.0. The highest BCUT2D eigenvalue weighted by molar-refractivity contribution is 6.30. The molecule has 0 heterocycles. The van der Waals surface area contributed by atoms with Crippen molar-refractivity contribution < 1.29 is 4.79 Å². The maximum Gasteiger partial charge on any atom is 0.259 e. The highest BCUT2D eigenvalue weighted by Gasteiger charge is 2.00. The minimum Gasteiger partial charge on any atom is -0.376 e. The number of anilines is 1. The summed E-state index contributed by atoms with van der Waals surface area (Å²) in [6, 6.07) is 21.3. The largest absolute Gasteiger partial charge is 0.376 e. The molecule has 0 aromatic heterocycles. The molecule has 0 atom stereocenters. The summed E-state index contributed by atoms with van der Waals surface area (Å²) in [5.41, 5.74) is 4.25. The zero-order valence-corrected chi connectivity index (χ0v) is 13.6. The van der Waals surface area contributed by atoms with Crippen LogP contribution in [0.5, 0.6) is 0 Å². The van der Waals surface area contributed by atoms with Crippen LogP contribution in [0, 0.1) is 0 Å². The molecule has 1 amide bonds. The lowest BCUT2D eigenvalue weighted by Gasteiger charge is -2.06. The monoisotopic (exact) mass is 337 g/mol. The molecule has 0 unspecified atom stereocenters. The summed E-state index contributed by atoms with van der Waals surface area (Å²) in [6.45, 7) is 0.149. The van der Waals surface area contributed by atoms with Crippen LogP contribution >= 0.6 is 11.6 Å². The Hall–Kier alpha value is -2.85. The van der Waals surface area contributed by atoms with Crippen LogP contribution in [0.15, 0.2) is 71.8 Å². The highest BCUT2D eigenvalue weighted by Crippen LogP contribution is 2.18. The summed E-state index contributed by atoms with van der Waals surface area (Å²) in [5.74, 6) is -0.214. The van der Waals surface area contributed by atoms with E-state index in [0.717, 1.165) is 16.6 Å². The fourth-order valence-electron chi connectivity index (χ4n) is 2.25. The molecule has 120 valence electrons. The van der Waals surface area contributed by atoms with Gasteiger partial charge in [-0.1, -0.05) is 54.1 Å². The smallest absolute Gasteiger partial charge is 0.259 e. The molecule has 3 rings (SSSR count). The van der Waals surface area contributed by atoms with Crippen LogP contribution in [0.2, 0.25) is 5.02 Å². The van der Waals surface area contributed by atoms with E-state index in [1.54, 1.807) is 18.3 Å². The van der Waals surface area contributed by atoms with Gasteiger partial charge in [-0.05, 0) is 40.6 Å². The second-order valence-electron chi connectivity index (χ2n) is 5.26. The van der Waals surface area contributed by atoms with E-state index in [1.807, 2.05) is 48.5 Å².